The second-order valence-corrected chi connectivity index (χ2v) is 4.05. The van der Waals surface area contributed by atoms with Crippen LogP contribution in [0.2, 0.25) is 0 Å². The lowest BCUT2D eigenvalue weighted by Crippen LogP contribution is -2.48. The molecule has 1 rings (SSSR count). The minimum absolute atomic E-state index is 0.0699. The third-order valence-electron chi connectivity index (χ3n) is 2.33. The maximum atomic E-state index is 11.2. The first-order valence-electron chi connectivity index (χ1n) is 5.68. The molecular weight excluding hydrogens is 284 g/mol. The highest BCUT2D eigenvalue weighted by Gasteiger charge is 2.44. The number of carboxylic acids is 2. The second kappa shape index (κ2) is 6.51. The quantitative estimate of drug-likeness (QED) is 0.322. The normalized spacial score (nSPS) is 12.8. The van der Waals surface area contributed by atoms with Gasteiger partial charge in [0.25, 0.3) is 5.60 Å². The van der Waals surface area contributed by atoms with Crippen molar-refractivity contribution in [3.05, 3.63) is 24.3 Å². The van der Waals surface area contributed by atoms with E-state index in [4.69, 9.17) is 19.7 Å². The second-order valence-electron chi connectivity index (χ2n) is 4.05. The van der Waals surface area contributed by atoms with Crippen LogP contribution >= 0.6 is 0 Å². The summed E-state index contributed by atoms with van der Waals surface area (Å²) < 4.78 is 9.78. The summed E-state index contributed by atoms with van der Waals surface area (Å²) >= 11 is 0. The van der Waals surface area contributed by atoms with Gasteiger partial charge in [-0.15, -0.1) is 0 Å². The Morgan fingerprint density at radius 3 is 2.33 bits per heavy atom. The van der Waals surface area contributed by atoms with E-state index in [0.29, 0.717) is 0 Å². The van der Waals surface area contributed by atoms with Crippen LogP contribution in [-0.2, 0) is 19.2 Å². The van der Waals surface area contributed by atoms with Gasteiger partial charge in [0.05, 0.1) is 0 Å². The van der Waals surface area contributed by atoms with E-state index in [1.807, 2.05) is 0 Å². The Balaban J connectivity index is 3.08. The van der Waals surface area contributed by atoms with E-state index in [-0.39, 0.29) is 17.8 Å². The van der Waals surface area contributed by atoms with Crippen LogP contribution in [-0.4, -0.2) is 40.0 Å². The molecular formula is C13H12O8. The van der Waals surface area contributed by atoms with Gasteiger partial charge in [0.1, 0.15) is 17.9 Å². The fraction of sp³-hybridized carbons (Fsp3) is 0.231. The van der Waals surface area contributed by atoms with Crippen molar-refractivity contribution in [3.63, 3.8) is 0 Å². The van der Waals surface area contributed by atoms with Crippen LogP contribution in [0.25, 0.3) is 0 Å². The van der Waals surface area contributed by atoms with Crippen molar-refractivity contribution in [2.24, 2.45) is 0 Å². The van der Waals surface area contributed by atoms with E-state index in [1.54, 1.807) is 0 Å². The number of aldehydes is 1. The number of benzene rings is 1. The Hall–Kier alpha value is -2.90. The summed E-state index contributed by atoms with van der Waals surface area (Å²) in [5.41, 5.74) is -2.55. The summed E-state index contributed by atoms with van der Waals surface area (Å²) in [6.45, 7) is 1.17. The number of rotatable bonds is 7. The molecule has 0 aliphatic rings. The van der Waals surface area contributed by atoms with Crippen LogP contribution in [0.1, 0.15) is 13.3 Å². The Labute approximate surface area is 118 Å². The lowest BCUT2D eigenvalue weighted by atomic mass is 10.0. The number of hydrogen-bond acceptors (Lipinski definition) is 6. The predicted octanol–water partition coefficient (Wildman–Crippen LogP) is 0.488. The fourth-order valence-corrected chi connectivity index (χ4v) is 1.47. The molecule has 0 aliphatic carbocycles. The zero-order chi connectivity index (χ0) is 16.0. The molecule has 0 fully saturated rings. The minimum Gasteiger partial charge on any atom is -0.481 e. The van der Waals surface area contributed by atoms with E-state index < -0.39 is 29.9 Å². The average Bonchev–Trinajstić information content (AvgIpc) is 2.36. The molecule has 8 nitrogen and oxygen atoms in total. The number of aliphatic carboxylic acids is 2. The maximum absolute atomic E-state index is 11.2. The number of carbonyl (C=O) groups excluding carboxylic acids is 2. The third-order valence-corrected chi connectivity index (χ3v) is 2.33. The van der Waals surface area contributed by atoms with Gasteiger partial charge in [-0.05, 0) is 12.1 Å². The number of carbonyl (C=O) groups is 4. The summed E-state index contributed by atoms with van der Waals surface area (Å²) in [5, 5.41) is 17.8. The molecule has 0 radical (unpaired) electrons. The van der Waals surface area contributed by atoms with Gasteiger partial charge in [-0.3, -0.25) is 14.4 Å². The molecule has 1 aromatic rings. The van der Waals surface area contributed by atoms with Gasteiger partial charge in [-0.25, -0.2) is 4.79 Å². The number of hydrogen-bond donors (Lipinski definition) is 2. The molecule has 0 heterocycles. The minimum atomic E-state index is -2.55. The summed E-state index contributed by atoms with van der Waals surface area (Å²) in [7, 11) is 0. The zero-order valence-electron chi connectivity index (χ0n) is 10.9. The molecule has 8 heteroatoms. The van der Waals surface area contributed by atoms with Crippen molar-refractivity contribution in [3.8, 4) is 11.5 Å². The lowest BCUT2D eigenvalue weighted by Gasteiger charge is -2.23. The van der Waals surface area contributed by atoms with Crippen LogP contribution in [0.5, 0.6) is 11.5 Å². The highest BCUT2D eigenvalue weighted by atomic mass is 16.5. The molecule has 0 spiro atoms. The Morgan fingerprint density at radius 2 is 1.86 bits per heavy atom. The topological polar surface area (TPSA) is 127 Å². The van der Waals surface area contributed by atoms with E-state index in [1.165, 1.54) is 31.2 Å². The zero-order valence-corrected chi connectivity index (χ0v) is 10.9. The smallest absolute Gasteiger partial charge is 0.356 e. The van der Waals surface area contributed by atoms with E-state index in [0.717, 1.165) is 0 Å². The molecule has 1 aromatic carbocycles. The van der Waals surface area contributed by atoms with Crippen molar-refractivity contribution in [1.29, 1.82) is 0 Å². The summed E-state index contributed by atoms with van der Waals surface area (Å²) in [4.78, 5) is 43.7. The number of esters is 1. The summed E-state index contributed by atoms with van der Waals surface area (Å²) in [6, 6.07) is 5.28. The van der Waals surface area contributed by atoms with Gasteiger partial charge < -0.3 is 19.7 Å². The van der Waals surface area contributed by atoms with Crippen LogP contribution in [0.4, 0.5) is 0 Å². The van der Waals surface area contributed by atoms with Gasteiger partial charge >= 0.3 is 17.9 Å². The molecule has 1 atom stereocenters. The van der Waals surface area contributed by atoms with Crippen molar-refractivity contribution >= 4 is 24.2 Å². The van der Waals surface area contributed by atoms with E-state index in [2.05, 4.69) is 0 Å². The van der Waals surface area contributed by atoms with Gasteiger partial charge in [-0.1, -0.05) is 6.07 Å². The van der Waals surface area contributed by atoms with E-state index >= 15 is 0 Å². The van der Waals surface area contributed by atoms with Crippen molar-refractivity contribution in [2.45, 2.75) is 18.9 Å². The first-order valence-corrected chi connectivity index (χ1v) is 5.68. The molecule has 112 valence electrons. The maximum Gasteiger partial charge on any atom is 0.356 e. The van der Waals surface area contributed by atoms with Crippen molar-refractivity contribution < 1.29 is 38.9 Å². The standard InChI is InChI=1S/C13H12O8/c1-8(15)20-9-3-2-4-10(5-9)21-13(7-14,12(18)19)6-11(16)17/h2-5,7H,6H2,1H3,(H,16,17)(H,18,19). The van der Waals surface area contributed by atoms with Crippen molar-refractivity contribution in [2.75, 3.05) is 0 Å². The Morgan fingerprint density at radius 1 is 1.24 bits per heavy atom. The third kappa shape index (κ3) is 4.30. The molecule has 0 saturated carbocycles. The summed E-state index contributed by atoms with van der Waals surface area (Å²) in [5.74, 6) is -3.90. The number of carboxylic acid groups (broad SMARTS) is 2. The fourth-order valence-electron chi connectivity index (χ4n) is 1.47. The first kappa shape index (κ1) is 16.2. The Bertz CT molecular complexity index is 579. The Kier molecular flexibility index (Phi) is 5.01. The van der Waals surface area contributed by atoms with Crippen molar-refractivity contribution in [1.82, 2.24) is 0 Å². The SMILES string of the molecule is CC(=O)Oc1cccc(OC(C=O)(CC(=O)O)C(=O)O)c1. The molecule has 0 aliphatic heterocycles. The molecule has 21 heavy (non-hydrogen) atoms. The van der Waals surface area contributed by atoms with Crippen LogP contribution in [0.15, 0.2) is 24.3 Å². The molecule has 0 saturated heterocycles. The highest BCUT2D eigenvalue weighted by Crippen LogP contribution is 2.25. The largest absolute Gasteiger partial charge is 0.481 e. The highest BCUT2D eigenvalue weighted by molar-refractivity contribution is 5.99. The first-order chi connectivity index (χ1) is 9.79. The van der Waals surface area contributed by atoms with Gasteiger partial charge in [0.2, 0.25) is 0 Å². The summed E-state index contributed by atoms with van der Waals surface area (Å²) in [6.07, 6.45) is -1.15. The van der Waals surface area contributed by atoms with Gasteiger partial charge in [0, 0.05) is 13.0 Å². The van der Waals surface area contributed by atoms with Gasteiger partial charge in [-0.2, -0.15) is 0 Å². The van der Waals surface area contributed by atoms with Crippen LogP contribution < -0.4 is 9.47 Å². The number of ether oxygens (including phenoxy) is 2. The molecule has 0 amide bonds. The molecule has 2 N–H and O–H groups in total. The molecule has 0 bridgehead atoms. The lowest BCUT2D eigenvalue weighted by molar-refractivity contribution is -0.163. The average molecular weight is 296 g/mol. The monoisotopic (exact) mass is 296 g/mol. The molecule has 0 aromatic heterocycles. The predicted molar refractivity (Wildman–Crippen MR) is 67.1 cm³/mol. The van der Waals surface area contributed by atoms with Crippen LogP contribution in [0.3, 0.4) is 0 Å². The van der Waals surface area contributed by atoms with Crippen LogP contribution in [0, 0.1) is 0 Å². The molecule has 1 unspecified atom stereocenters. The van der Waals surface area contributed by atoms with E-state index in [9.17, 15) is 19.2 Å². The van der Waals surface area contributed by atoms with Gasteiger partial charge in [0.15, 0.2) is 6.29 Å².